The minimum atomic E-state index is -1.38. The number of amides is 2. The number of aromatic amines is 1. The number of fused-ring (bicyclic) bond motifs is 1. The van der Waals surface area contributed by atoms with Crippen LogP contribution in [0.25, 0.3) is 33.3 Å². The maximum atomic E-state index is 14.7. The summed E-state index contributed by atoms with van der Waals surface area (Å²) >= 11 is 12.4. The predicted molar refractivity (Wildman–Crippen MR) is 161 cm³/mol. The highest BCUT2D eigenvalue weighted by atomic mass is 35.5. The van der Waals surface area contributed by atoms with Crippen molar-refractivity contribution in [2.75, 3.05) is 11.9 Å². The maximum Gasteiger partial charge on any atom is 0.247 e. The number of Topliss-reactive ketones (excluding diaryl/α,β-unsaturated/α-hetero) is 1. The summed E-state index contributed by atoms with van der Waals surface area (Å²) in [7, 11) is 0. The van der Waals surface area contributed by atoms with E-state index in [1.54, 1.807) is 41.4 Å². The fourth-order valence-corrected chi connectivity index (χ4v) is 5.89. The molecule has 13 heteroatoms. The van der Waals surface area contributed by atoms with Crippen LogP contribution < -0.4 is 5.32 Å². The number of hydrogen-bond acceptors (Lipinski definition) is 6. The molecule has 6 rings (SSSR count). The van der Waals surface area contributed by atoms with Gasteiger partial charge in [-0.3, -0.25) is 19.5 Å². The van der Waals surface area contributed by atoms with Crippen molar-refractivity contribution in [3.63, 3.8) is 0 Å². The lowest BCUT2D eigenvalue weighted by molar-refractivity contribution is -0.137. The van der Waals surface area contributed by atoms with E-state index in [4.69, 9.17) is 23.2 Å². The molecule has 43 heavy (non-hydrogen) atoms. The van der Waals surface area contributed by atoms with Crippen LogP contribution in [-0.2, 0) is 16.1 Å². The van der Waals surface area contributed by atoms with Gasteiger partial charge in [0, 0.05) is 45.2 Å². The van der Waals surface area contributed by atoms with Crippen LogP contribution in [0.15, 0.2) is 67.3 Å². The van der Waals surface area contributed by atoms with E-state index < -0.39 is 24.0 Å². The number of anilines is 1. The van der Waals surface area contributed by atoms with Gasteiger partial charge in [-0.15, -0.1) is 0 Å². The van der Waals surface area contributed by atoms with E-state index in [1.807, 2.05) is 24.3 Å². The molecule has 0 radical (unpaired) electrons. The van der Waals surface area contributed by atoms with Crippen LogP contribution in [0.5, 0.6) is 0 Å². The molecule has 218 valence electrons. The third kappa shape index (κ3) is 5.61. The minimum Gasteiger partial charge on any atom is -0.337 e. The average Bonchev–Trinajstić information content (AvgIpc) is 3.70. The predicted octanol–water partition coefficient (Wildman–Crippen LogP) is 5.58. The standard InChI is InChI=1S/C30H24Cl2FN7O3/c1-16(41)23-14-39(26-5-2-17(8-22(23)26)18-6-7-34-35-11-18)15-28(42)40-13-20(33)10-27(40)30(43)37-25-12-36-38-29(25)21-4-3-19(31)9-24(21)32/h2-9,11-12,14,20,27H,10,13,15H2,1H3,(H,36,38)(H,37,43)/t20?,27-/m0/s1. The van der Waals surface area contributed by atoms with Crippen LogP contribution in [0.3, 0.4) is 0 Å². The van der Waals surface area contributed by atoms with Crippen LogP contribution in [0, 0.1) is 0 Å². The van der Waals surface area contributed by atoms with Crippen LogP contribution in [0.2, 0.25) is 10.0 Å². The van der Waals surface area contributed by atoms with Crippen molar-refractivity contribution >= 4 is 57.4 Å². The van der Waals surface area contributed by atoms with Gasteiger partial charge in [0.1, 0.15) is 18.8 Å². The Hall–Kier alpha value is -4.61. The zero-order valence-electron chi connectivity index (χ0n) is 22.7. The number of carbonyl (C=O) groups is 3. The molecule has 2 amide bonds. The van der Waals surface area contributed by atoms with Crippen LogP contribution in [-0.4, -0.2) is 66.2 Å². The van der Waals surface area contributed by atoms with E-state index in [-0.39, 0.29) is 25.3 Å². The third-order valence-electron chi connectivity index (χ3n) is 7.45. The number of benzene rings is 2. The van der Waals surface area contributed by atoms with Gasteiger partial charge in [0.2, 0.25) is 11.8 Å². The van der Waals surface area contributed by atoms with Gasteiger partial charge >= 0.3 is 0 Å². The summed E-state index contributed by atoms with van der Waals surface area (Å²) < 4.78 is 16.3. The number of ketones is 1. The topological polar surface area (TPSA) is 126 Å². The van der Waals surface area contributed by atoms with Gasteiger partial charge in [0.25, 0.3) is 0 Å². The number of nitrogens with one attached hydrogen (secondary N) is 2. The van der Waals surface area contributed by atoms with Crippen molar-refractivity contribution in [1.82, 2.24) is 29.9 Å². The van der Waals surface area contributed by atoms with Gasteiger partial charge in [-0.2, -0.15) is 15.3 Å². The Morgan fingerprint density at radius 3 is 2.65 bits per heavy atom. The average molecular weight is 620 g/mol. The van der Waals surface area contributed by atoms with Crippen molar-refractivity contribution in [3.8, 4) is 22.4 Å². The van der Waals surface area contributed by atoms with Crippen molar-refractivity contribution in [1.29, 1.82) is 0 Å². The Labute approximate surface area is 254 Å². The van der Waals surface area contributed by atoms with Gasteiger partial charge in [-0.05, 0) is 48.9 Å². The molecule has 10 nitrogen and oxygen atoms in total. The summed E-state index contributed by atoms with van der Waals surface area (Å²) in [5.41, 5.74) is 4.10. The molecular formula is C30H24Cl2FN7O3. The molecule has 0 bridgehead atoms. The Kier molecular flexibility index (Phi) is 7.68. The Balaban J connectivity index is 1.24. The molecule has 5 aromatic rings. The first kappa shape index (κ1) is 28.5. The van der Waals surface area contributed by atoms with Gasteiger partial charge in [-0.1, -0.05) is 29.3 Å². The molecule has 1 fully saturated rings. The van der Waals surface area contributed by atoms with Crippen LogP contribution in [0.1, 0.15) is 23.7 Å². The molecule has 1 saturated heterocycles. The third-order valence-corrected chi connectivity index (χ3v) is 8.00. The number of carbonyl (C=O) groups excluding carboxylic acids is 3. The fraction of sp³-hybridized carbons (Fsp3) is 0.200. The maximum absolute atomic E-state index is 14.7. The number of aromatic nitrogens is 5. The summed E-state index contributed by atoms with van der Waals surface area (Å²) in [5, 5.41) is 18.8. The van der Waals surface area contributed by atoms with Crippen molar-refractivity contribution in [3.05, 3.63) is 82.9 Å². The molecule has 2 aromatic carbocycles. The zero-order valence-corrected chi connectivity index (χ0v) is 24.2. The fourth-order valence-electron chi connectivity index (χ4n) is 5.39. The molecule has 3 aromatic heterocycles. The highest BCUT2D eigenvalue weighted by molar-refractivity contribution is 6.36. The lowest BCUT2D eigenvalue weighted by Crippen LogP contribution is -2.44. The quantitative estimate of drug-likeness (QED) is 0.229. The first-order chi connectivity index (χ1) is 20.7. The van der Waals surface area contributed by atoms with Gasteiger partial charge in [-0.25, -0.2) is 4.39 Å². The van der Waals surface area contributed by atoms with E-state index >= 15 is 0 Å². The number of rotatable bonds is 7. The zero-order chi connectivity index (χ0) is 30.2. The lowest BCUT2D eigenvalue weighted by Gasteiger charge is -2.24. The van der Waals surface area contributed by atoms with Crippen molar-refractivity contribution in [2.24, 2.45) is 0 Å². The summed E-state index contributed by atoms with van der Waals surface area (Å²) in [6.07, 6.45) is 4.71. The monoisotopic (exact) mass is 619 g/mol. The second-order valence-electron chi connectivity index (χ2n) is 10.3. The minimum absolute atomic E-state index is 0.152. The van der Waals surface area contributed by atoms with Crippen LogP contribution in [0.4, 0.5) is 10.1 Å². The molecule has 0 spiro atoms. The van der Waals surface area contributed by atoms with E-state index in [0.29, 0.717) is 43.5 Å². The highest BCUT2D eigenvalue weighted by Gasteiger charge is 2.40. The molecule has 1 aliphatic heterocycles. The molecule has 2 N–H and O–H groups in total. The first-order valence-electron chi connectivity index (χ1n) is 13.3. The number of halogens is 3. The molecular weight excluding hydrogens is 596 g/mol. The largest absolute Gasteiger partial charge is 0.337 e. The molecule has 2 atom stereocenters. The molecule has 1 aliphatic rings. The van der Waals surface area contributed by atoms with E-state index in [0.717, 1.165) is 11.1 Å². The molecule has 4 heterocycles. The first-order valence-corrected chi connectivity index (χ1v) is 14.1. The second-order valence-corrected chi connectivity index (χ2v) is 11.1. The summed E-state index contributed by atoms with van der Waals surface area (Å²) in [5.74, 6) is -1.18. The highest BCUT2D eigenvalue weighted by Crippen LogP contribution is 2.34. The number of likely N-dealkylation sites (tertiary alicyclic amines) is 1. The summed E-state index contributed by atoms with van der Waals surface area (Å²) in [6.45, 7) is 1.04. The number of H-pyrrole nitrogens is 1. The second kappa shape index (κ2) is 11.6. The normalized spacial score (nSPS) is 16.5. The van der Waals surface area contributed by atoms with Gasteiger partial charge in [0.15, 0.2) is 5.78 Å². The van der Waals surface area contributed by atoms with Crippen molar-refractivity contribution < 1.29 is 18.8 Å². The van der Waals surface area contributed by atoms with E-state index in [1.165, 1.54) is 18.0 Å². The number of alkyl halides is 1. The Bertz CT molecular complexity index is 1870. The number of nitrogens with zero attached hydrogens (tertiary/aromatic N) is 5. The van der Waals surface area contributed by atoms with E-state index in [9.17, 15) is 18.8 Å². The Morgan fingerprint density at radius 1 is 1.07 bits per heavy atom. The molecule has 1 unspecified atom stereocenters. The lowest BCUT2D eigenvalue weighted by atomic mass is 10.0. The molecule has 0 saturated carbocycles. The SMILES string of the molecule is CC(=O)c1cn(CC(=O)N2CC(F)C[C@H]2C(=O)Nc2cn[nH]c2-c2ccc(Cl)cc2Cl)c2ccc(-c3ccnnc3)cc12. The van der Waals surface area contributed by atoms with Crippen LogP contribution >= 0.6 is 23.2 Å². The van der Waals surface area contributed by atoms with Crippen molar-refractivity contribution in [2.45, 2.75) is 32.1 Å². The smallest absolute Gasteiger partial charge is 0.247 e. The summed E-state index contributed by atoms with van der Waals surface area (Å²) in [4.78, 5) is 40.7. The Morgan fingerprint density at radius 2 is 1.91 bits per heavy atom. The summed E-state index contributed by atoms with van der Waals surface area (Å²) in [6, 6.07) is 11.2. The molecule has 0 aliphatic carbocycles. The van der Waals surface area contributed by atoms with E-state index in [2.05, 4.69) is 25.7 Å². The van der Waals surface area contributed by atoms with Gasteiger partial charge in [0.05, 0.1) is 41.5 Å². The number of hydrogen-bond donors (Lipinski definition) is 2. The van der Waals surface area contributed by atoms with Gasteiger partial charge < -0.3 is 14.8 Å².